The molecular formula is C11H21NO. The van der Waals surface area contributed by atoms with Gasteiger partial charge in [-0.15, -0.1) is 0 Å². The molecule has 1 heterocycles. The lowest BCUT2D eigenvalue weighted by Crippen LogP contribution is -2.42. The minimum absolute atomic E-state index is 0.458. The van der Waals surface area contributed by atoms with Crippen LogP contribution in [0.15, 0.2) is 11.6 Å². The van der Waals surface area contributed by atoms with Gasteiger partial charge in [0.1, 0.15) is 0 Å². The minimum atomic E-state index is 0.458. The Bertz CT molecular complexity index is 173. The van der Waals surface area contributed by atoms with E-state index in [0.717, 1.165) is 32.7 Å². The van der Waals surface area contributed by atoms with Crippen molar-refractivity contribution in [3.05, 3.63) is 11.6 Å². The van der Waals surface area contributed by atoms with Gasteiger partial charge in [-0.25, -0.2) is 0 Å². The summed E-state index contributed by atoms with van der Waals surface area (Å²) in [4.78, 5) is 2.46. The van der Waals surface area contributed by atoms with E-state index >= 15 is 0 Å². The second-order valence-corrected chi connectivity index (χ2v) is 3.94. The molecule has 2 heteroatoms. The molecule has 1 atom stereocenters. The first-order valence-electron chi connectivity index (χ1n) is 5.19. The summed E-state index contributed by atoms with van der Waals surface area (Å²) < 4.78 is 5.60. The lowest BCUT2D eigenvalue weighted by Gasteiger charge is -2.31. The summed E-state index contributed by atoms with van der Waals surface area (Å²) >= 11 is 0. The van der Waals surface area contributed by atoms with Gasteiger partial charge in [-0.05, 0) is 20.3 Å². The van der Waals surface area contributed by atoms with Gasteiger partial charge in [-0.3, -0.25) is 4.90 Å². The molecule has 1 unspecified atom stereocenters. The zero-order valence-electron chi connectivity index (χ0n) is 9.05. The summed E-state index contributed by atoms with van der Waals surface area (Å²) in [5.41, 5.74) is 1.40. The Hall–Kier alpha value is -0.340. The van der Waals surface area contributed by atoms with Gasteiger partial charge >= 0.3 is 0 Å². The van der Waals surface area contributed by atoms with Gasteiger partial charge in [0, 0.05) is 19.6 Å². The summed E-state index contributed by atoms with van der Waals surface area (Å²) in [6, 6.07) is 0. The zero-order chi connectivity index (χ0) is 9.68. The van der Waals surface area contributed by atoms with E-state index in [0.29, 0.717) is 6.10 Å². The van der Waals surface area contributed by atoms with Crippen molar-refractivity contribution >= 4 is 0 Å². The topological polar surface area (TPSA) is 12.5 Å². The number of ether oxygens (including phenoxy) is 1. The number of morpholine rings is 1. The van der Waals surface area contributed by atoms with Gasteiger partial charge in [0.2, 0.25) is 0 Å². The predicted molar refractivity (Wildman–Crippen MR) is 55.9 cm³/mol. The van der Waals surface area contributed by atoms with E-state index in [1.807, 2.05) is 0 Å². The van der Waals surface area contributed by atoms with E-state index in [4.69, 9.17) is 4.74 Å². The van der Waals surface area contributed by atoms with Crippen molar-refractivity contribution in [2.24, 2.45) is 0 Å². The van der Waals surface area contributed by atoms with E-state index in [1.165, 1.54) is 5.57 Å². The van der Waals surface area contributed by atoms with Crippen molar-refractivity contribution in [1.82, 2.24) is 4.90 Å². The Morgan fingerprint density at radius 1 is 1.54 bits per heavy atom. The van der Waals surface area contributed by atoms with Crippen molar-refractivity contribution < 1.29 is 4.74 Å². The van der Waals surface area contributed by atoms with E-state index in [-0.39, 0.29) is 0 Å². The Morgan fingerprint density at radius 3 is 2.92 bits per heavy atom. The summed E-state index contributed by atoms with van der Waals surface area (Å²) in [5, 5.41) is 0. The van der Waals surface area contributed by atoms with Gasteiger partial charge < -0.3 is 4.74 Å². The molecular weight excluding hydrogens is 162 g/mol. The van der Waals surface area contributed by atoms with Crippen LogP contribution in [0.25, 0.3) is 0 Å². The smallest absolute Gasteiger partial charge is 0.0700 e. The predicted octanol–water partition coefficient (Wildman–Crippen LogP) is 2.06. The molecule has 0 saturated carbocycles. The van der Waals surface area contributed by atoms with Crippen LogP contribution in [0.2, 0.25) is 0 Å². The monoisotopic (exact) mass is 183 g/mol. The highest BCUT2D eigenvalue weighted by Crippen LogP contribution is 2.08. The Morgan fingerprint density at radius 2 is 2.31 bits per heavy atom. The Balaban J connectivity index is 2.30. The molecule has 0 radical (unpaired) electrons. The third-order valence-electron chi connectivity index (χ3n) is 2.44. The standard InChI is InChI=1S/C11H21NO/c1-4-11-9-12(7-8-13-11)6-5-10(2)3/h5,11H,4,6-9H2,1-3H3. The van der Waals surface area contributed by atoms with Crippen LogP contribution in [-0.4, -0.2) is 37.2 Å². The van der Waals surface area contributed by atoms with Crippen molar-refractivity contribution in [2.75, 3.05) is 26.2 Å². The summed E-state index contributed by atoms with van der Waals surface area (Å²) in [6.45, 7) is 10.7. The minimum Gasteiger partial charge on any atom is -0.376 e. The number of rotatable bonds is 3. The summed E-state index contributed by atoms with van der Waals surface area (Å²) in [6.07, 6.45) is 3.88. The molecule has 13 heavy (non-hydrogen) atoms. The fraction of sp³-hybridized carbons (Fsp3) is 0.818. The van der Waals surface area contributed by atoms with Crippen molar-refractivity contribution in [1.29, 1.82) is 0 Å². The molecule has 0 aromatic carbocycles. The molecule has 2 nitrogen and oxygen atoms in total. The molecule has 0 aliphatic carbocycles. The van der Waals surface area contributed by atoms with Crippen molar-refractivity contribution in [3.63, 3.8) is 0 Å². The molecule has 1 fully saturated rings. The highest BCUT2D eigenvalue weighted by molar-refractivity contribution is 4.95. The first-order valence-corrected chi connectivity index (χ1v) is 5.19. The molecule has 0 spiro atoms. The van der Waals surface area contributed by atoms with Crippen molar-refractivity contribution in [3.8, 4) is 0 Å². The zero-order valence-corrected chi connectivity index (χ0v) is 9.05. The summed E-state index contributed by atoms with van der Waals surface area (Å²) in [7, 11) is 0. The summed E-state index contributed by atoms with van der Waals surface area (Å²) in [5.74, 6) is 0. The van der Waals surface area contributed by atoms with E-state index in [9.17, 15) is 0 Å². The molecule has 0 N–H and O–H groups in total. The molecule has 76 valence electrons. The van der Waals surface area contributed by atoms with Crippen LogP contribution >= 0.6 is 0 Å². The van der Waals surface area contributed by atoms with Gasteiger partial charge in [0.25, 0.3) is 0 Å². The molecule has 0 aromatic rings. The average Bonchev–Trinajstić information content (AvgIpc) is 2.15. The van der Waals surface area contributed by atoms with E-state index in [1.54, 1.807) is 0 Å². The molecule has 0 aromatic heterocycles. The molecule has 1 saturated heterocycles. The van der Waals surface area contributed by atoms with Crippen LogP contribution < -0.4 is 0 Å². The van der Waals surface area contributed by atoms with Crippen LogP contribution in [0, 0.1) is 0 Å². The number of allylic oxidation sites excluding steroid dienone is 1. The van der Waals surface area contributed by atoms with Crippen LogP contribution in [0.4, 0.5) is 0 Å². The van der Waals surface area contributed by atoms with Crippen LogP contribution in [-0.2, 0) is 4.74 Å². The lowest BCUT2D eigenvalue weighted by molar-refractivity contribution is -0.0257. The van der Waals surface area contributed by atoms with Gasteiger partial charge in [0.15, 0.2) is 0 Å². The third-order valence-corrected chi connectivity index (χ3v) is 2.44. The normalized spacial score (nSPS) is 24.4. The molecule has 1 aliphatic heterocycles. The van der Waals surface area contributed by atoms with E-state index in [2.05, 4.69) is 31.7 Å². The first kappa shape index (κ1) is 10.7. The highest BCUT2D eigenvalue weighted by Gasteiger charge is 2.17. The maximum atomic E-state index is 5.60. The second kappa shape index (κ2) is 5.40. The number of hydrogen-bond donors (Lipinski definition) is 0. The Labute approximate surface area is 81.6 Å². The van der Waals surface area contributed by atoms with Crippen LogP contribution in [0.5, 0.6) is 0 Å². The van der Waals surface area contributed by atoms with Crippen LogP contribution in [0.1, 0.15) is 27.2 Å². The lowest BCUT2D eigenvalue weighted by atomic mass is 10.2. The van der Waals surface area contributed by atoms with Gasteiger partial charge in [-0.1, -0.05) is 18.6 Å². The SMILES string of the molecule is CCC1CN(CC=C(C)C)CCO1. The quantitative estimate of drug-likeness (QED) is 0.621. The van der Waals surface area contributed by atoms with Crippen molar-refractivity contribution in [2.45, 2.75) is 33.3 Å². The fourth-order valence-electron chi connectivity index (χ4n) is 1.50. The van der Waals surface area contributed by atoms with Crippen LogP contribution in [0.3, 0.4) is 0 Å². The molecule has 0 bridgehead atoms. The average molecular weight is 183 g/mol. The van der Waals surface area contributed by atoms with Gasteiger partial charge in [0.05, 0.1) is 12.7 Å². The Kier molecular flexibility index (Phi) is 4.46. The maximum absolute atomic E-state index is 5.60. The fourth-order valence-corrected chi connectivity index (χ4v) is 1.50. The molecule has 1 aliphatic rings. The third kappa shape index (κ3) is 3.92. The highest BCUT2D eigenvalue weighted by atomic mass is 16.5. The number of hydrogen-bond acceptors (Lipinski definition) is 2. The molecule has 0 amide bonds. The van der Waals surface area contributed by atoms with Gasteiger partial charge in [-0.2, -0.15) is 0 Å². The second-order valence-electron chi connectivity index (χ2n) is 3.94. The first-order chi connectivity index (χ1) is 6.22. The largest absolute Gasteiger partial charge is 0.376 e. The van der Waals surface area contributed by atoms with E-state index < -0.39 is 0 Å². The maximum Gasteiger partial charge on any atom is 0.0700 e. The molecule has 1 rings (SSSR count). The number of nitrogens with zero attached hydrogens (tertiary/aromatic N) is 1.